The van der Waals surface area contributed by atoms with E-state index in [-0.39, 0.29) is 11.7 Å². The van der Waals surface area contributed by atoms with E-state index >= 15 is 0 Å². The number of rotatable bonds is 9. The fraction of sp³-hybridized carbons (Fsp3) is 0.417. The first-order chi connectivity index (χ1) is 14.0. The van der Waals surface area contributed by atoms with Crippen LogP contribution in [0.15, 0.2) is 42.5 Å². The van der Waals surface area contributed by atoms with Gasteiger partial charge in [0.25, 0.3) is 5.91 Å². The Labute approximate surface area is 172 Å². The van der Waals surface area contributed by atoms with Gasteiger partial charge in [0.2, 0.25) is 0 Å². The first-order valence-corrected chi connectivity index (χ1v) is 10.5. The highest BCUT2D eigenvalue weighted by molar-refractivity contribution is 5.94. The van der Waals surface area contributed by atoms with Gasteiger partial charge in [-0.3, -0.25) is 4.79 Å². The number of hydrogen-bond donors (Lipinski definition) is 0. The molecular formula is C24H30FN3O. The van der Waals surface area contributed by atoms with Crippen LogP contribution in [0, 0.1) is 12.7 Å². The van der Waals surface area contributed by atoms with E-state index in [1.165, 1.54) is 6.07 Å². The Balaban J connectivity index is 1.95. The van der Waals surface area contributed by atoms with Crippen molar-refractivity contribution < 1.29 is 9.18 Å². The van der Waals surface area contributed by atoms with Crippen LogP contribution >= 0.6 is 0 Å². The molecule has 1 heterocycles. The summed E-state index contributed by atoms with van der Waals surface area (Å²) in [5.41, 5.74) is 2.92. The van der Waals surface area contributed by atoms with E-state index in [0.717, 1.165) is 49.1 Å². The standard InChI is InChI=1S/C24H30FN3O/c1-4-6-7-15-27(24(29)19-11-8-10-18(3)16-19)17-22-26-23-20(25)12-9-13-21(23)28(22)14-5-2/h8-13,16H,4-7,14-15,17H2,1-3H3. The number of hydrogen-bond acceptors (Lipinski definition) is 2. The molecule has 0 bridgehead atoms. The van der Waals surface area contributed by atoms with Gasteiger partial charge in [0.15, 0.2) is 5.82 Å². The van der Waals surface area contributed by atoms with Crippen molar-refractivity contribution in [3.05, 3.63) is 65.2 Å². The highest BCUT2D eigenvalue weighted by Crippen LogP contribution is 2.22. The van der Waals surface area contributed by atoms with Gasteiger partial charge in [0.1, 0.15) is 11.3 Å². The number of aromatic nitrogens is 2. The molecule has 0 saturated carbocycles. The first kappa shape index (κ1) is 21.0. The fourth-order valence-electron chi connectivity index (χ4n) is 3.69. The number of carbonyl (C=O) groups excluding carboxylic acids is 1. The maximum atomic E-state index is 14.3. The zero-order valence-corrected chi connectivity index (χ0v) is 17.6. The van der Waals surface area contributed by atoms with Crippen LogP contribution in [0.4, 0.5) is 4.39 Å². The Bertz CT molecular complexity index is 979. The minimum absolute atomic E-state index is 0.000351. The highest BCUT2D eigenvalue weighted by Gasteiger charge is 2.20. The average molecular weight is 396 g/mol. The van der Waals surface area contributed by atoms with Crippen molar-refractivity contribution in [2.24, 2.45) is 0 Å². The number of imidazole rings is 1. The summed E-state index contributed by atoms with van der Waals surface area (Å²) in [6.45, 7) is 8.02. The van der Waals surface area contributed by atoms with Crippen LogP contribution in [0.25, 0.3) is 11.0 Å². The second-order valence-corrected chi connectivity index (χ2v) is 7.59. The molecule has 1 aromatic heterocycles. The van der Waals surface area contributed by atoms with Crippen LogP contribution in [0.3, 0.4) is 0 Å². The monoisotopic (exact) mass is 395 g/mol. The molecule has 0 saturated heterocycles. The average Bonchev–Trinajstić information content (AvgIpc) is 3.06. The number of unbranched alkanes of at least 4 members (excludes halogenated alkanes) is 2. The summed E-state index contributed by atoms with van der Waals surface area (Å²) in [4.78, 5) is 19.7. The van der Waals surface area contributed by atoms with Crippen molar-refractivity contribution in [1.82, 2.24) is 14.5 Å². The maximum absolute atomic E-state index is 14.3. The van der Waals surface area contributed by atoms with Gasteiger partial charge >= 0.3 is 0 Å². The number of benzene rings is 2. The van der Waals surface area contributed by atoms with E-state index in [1.807, 2.05) is 42.2 Å². The van der Waals surface area contributed by atoms with Crippen molar-refractivity contribution >= 4 is 16.9 Å². The van der Waals surface area contributed by atoms with Gasteiger partial charge < -0.3 is 9.47 Å². The van der Waals surface area contributed by atoms with Crippen LogP contribution in [0.2, 0.25) is 0 Å². The van der Waals surface area contributed by atoms with E-state index in [1.54, 1.807) is 6.07 Å². The molecule has 5 heteroatoms. The lowest BCUT2D eigenvalue weighted by Gasteiger charge is -2.23. The SMILES string of the molecule is CCCCCN(Cc1nc2c(F)cccc2n1CCC)C(=O)c1cccc(C)c1. The number of para-hydroxylation sites is 1. The molecule has 0 aliphatic carbocycles. The molecule has 0 atom stereocenters. The van der Waals surface area contributed by atoms with E-state index in [4.69, 9.17) is 0 Å². The molecule has 4 nitrogen and oxygen atoms in total. The van der Waals surface area contributed by atoms with E-state index in [0.29, 0.717) is 24.2 Å². The van der Waals surface area contributed by atoms with E-state index < -0.39 is 0 Å². The molecule has 154 valence electrons. The smallest absolute Gasteiger partial charge is 0.254 e. The molecule has 0 aliphatic heterocycles. The first-order valence-electron chi connectivity index (χ1n) is 10.5. The lowest BCUT2D eigenvalue weighted by atomic mass is 10.1. The summed E-state index contributed by atoms with van der Waals surface area (Å²) in [6, 6.07) is 12.7. The van der Waals surface area contributed by atoms with Crippen LogP contribution in [0.1, 0.15) is 61.3 Å². The van der Waals surface area contributed by atoms with Crippen LogP contribution in [0.5, 0.6) is 0 Å². The minimum Gasteiger partial charge on any atom is -0.331 e. The van der Waals surface area contributed by atoms with Crippen molar-refractivity contribution in [1.29, 1.82) is 0 Å². The van der Waals surface area contributed by atoms with Gasteiger partial charge in [0, 0.05) is 18.7 Å². The van der Waals surface area contributed by atoms with Gasteiger partial charge in [0.05, 0.1) is 12.1 Å². The molecule has 1 amide bonds. The number of aryl methyl sites for hydroxylation is 2. The van der Waals surface area contributed by atoms with Gasteiger partial charge in [-0.2, -0.15) is 0 Å². The van der Waals surface area contributed by atoms with Crippen molar-refractivity contribution in [3.8, 4) is 0 Å². The molecule has 3 rings (SSSR count). The third kappa shape index (κ3) is 4.84. The predicted molar refractivity (Wildman–Crippen MR) is 115 cm³/mol. The summed E-state index contributed by atoms with van der Waals surface area (Å²) in [5, 5.41) is 0. The van der Waals surface area contributed by atoms with Gasteiger partial charge in [-0.05, 0) is 44.0 Å². The zero-order chi connectivity index (χ0) is 20.8. The number of carbonyl (C=O) groups is 1. The summed E-state index contributed by atoms with van der Waals surface area (Å²) in [5.74, 6) is 0.422. The predicted octanol–water partition coefficient (Wildman–Crippen LogP) is 5.73. The third-order valence-electron chi connectivity index (χ3n) is 5.17. The van der Waals surface area contributed by atoms with Gasteiger partial charge in [-0.1, -0.05) is 50.5 Å². The quantitative estimate of drug-likeness (QED) is 0.434. The molecule has 0 spiro atoms. The highest BCUT2D eigenvalue weighted by atomic mass is 19.1. The largest absolute Gasteiger partial charge is 0.331 e. The second kappa shape index (κ2) is 9.68. The number of fused-ring (bicyclic) bond motifs is 1. The molecule has 0 aliphatic rings. The summed E-state index contributed by atoms with van der Waals surface area (Å²) in [7, 11) is 0. The molecule has 0 unspecified atom stereocenters. The van der Waals surface area contributed by atoms with Crippen molar-refractivity contribution in [3.63, 3.8) is 0 Å². The number of halogens is 1. The van der Waals surface area contributed by atoms with E-state index in [2.05, 4.69) is 23.4 Å². The Kier molecular flexibility index (Phi) is 7.02. The molecular weight excluding hydrogens is 365 g/mol. The van der Waals surface area contributed by atoms with Gasteiger partial charge in [-0.25, -0.2) is 9.37 Å². The molecule has 29 heavy (non-hydrogen) atoms. The van der Waals surface area contributed by atoms with Gasteiger partial charge in [-0.15, -0.1) is 0 Å². The third-order valence-corrected chi connectivity index (χ3v) is 5.17. The normalized spacial score (nSPS) is 11.2. The Morgan fingerprint density at radius 3 is 2.62 bits per heavy atom. The van der Waals surface area contributed by atoms with Crippen LogP contribution in [-0.2, 0) is 13.1 Å². The topological polar surface area (TPSA) is 38.1 Å². The van der Waals surface area contributed by atoms with E-state index in [9.17, 15) is 9.18 Å². The summed E-state index contributed by atoms with van der Waals surface area (Å²) < 4.78 is 16.4. The lowest BCUT2D eigenvalue weighted by molar-refractivity contribution is 0.0734. The summed E-state index contributed by atoms with van der Waals surface area (Å²) >= 11 is 0. The number of nitrogens with zero attached hydrogens (tertiary/aromatic N) is 3. The zero-order valence-electron chi connectivity index (χ0n) is 17.6. The number of amides is 1. The lowest BCUT2D eigenvalue weighted by Crippen LogP contribution is -2.32. The Morgan fingerprint density at radius 2 is 1.90 bits per heavy atom. The fourth-order valence-corrected chi connectivity index (χ4v) is 3.69. The molecule has 0 fully saturated rings. The molecule has 0 N–H and O–H groups in total. The molecule has 0 radical (unpaired) electrons. The summed E-state index contributed by atoms with van der Waals surface area (Å²) in [6.07, 6.45) is 4.01. The molecule has 3 aromatic rings. The maximum Gasteiger partial charge on any atom is 0.254 e. The Morgan fingerprint density at radius 1 is 1.10 bits per heavy atom. The van der Waals surface area contributed by atoms with Crippen molar-refractivity contribution in [2.45, 2.75) is 59.5 Å². The van der Waals surface area contributed by atoms with Crippen molar-refractivity contribution in [2.75, 3.05) is 6.54 Å². The second-order valence-electron chi connectivity index (χ2n) is 7.59. The molecule has 2 aromatic carbocycles. The minimum atomic E-state index is -0.318. The van der Waals surface area contributed by atoms with Crippen LogP contribution < -0.4 is 0 Å². The van der Waals surface area contributed by atoms with Crippen LogP contribution in [-0.4, -0.2) is 26.9 Å². The Hall–Kier alpha value is -2.69.